The van der Waals surface area contributed by atoms with Gasteiger partial charge in [-0.25, -0.2) is 4.79 Å². The molecular formula is C27H44O3. The second-order valence-electron chi connectivity index (χ2n) is 9.84. The minimum Gasteiger partial charge on any atom is -0.507 e. The van der Waals surface area contributed by atoms with E-state index in [-0.39, 0.29) is 10.8 Å². The lowest BCUT2D eigenvalue weighted by molar-refractivity contribution is -0.137. The highest BCUT2D eigenvalue weighted by Gasteiger charge is 2.31. The molecule has 0 fully saturated rings. The van der Waals surface area contributed by atoms with Gasteiger partial charge in [-0.15, -0.1) is 0 Å². The molecule has 0 aliphatic carbocycles. The minimum atomic E-state index is -0.394. The maximum absolute atomic E-state index is 11.4. The van der Waals surface area contributed by atoms with E-state index in [1.807, 2.05) is 0 Å². The Morgan fingerprint density at radius 2 is 1.43 bits per heavy atom. The van der Waals surface area contributed by atoms with Crippen LogP contribution in [0.15, 0.2) is 24.8 Å². The molecule has 0 amide bonds. The average molecular weight is 417 g/mol. The fraction of sp³-hybridized carbons (Fsp3) is 0.667. The lowest BCUT2D eigenvalue weighted by Gasteiger charge is -2.32. The molecule has 170 valence electrons. The van der Waals surface area contributed by atoms with Crippen LogP contribution < -0.4 is 0 Å². The molecule has 0 aliphatic rings. The number of hydrogen-bond acceptors (Lipinski definition) is 3. The predicted molar refractivity (Wildman–Crippen MR) is 127 cm³/mol. The molecule has 3 heteroatoms. The van der Waals surface area contributed by atoms with Crippen LogP contribution >= 0.6 is 0 Å². The first-order valence-electron chi connectivity index (χ1n) is 11.7. The SMILES string of the molecule is C=CC(=O)OCCc1cc(C(C)(C)CCCCC)c(O)c(C(C)(C)CCCCC)c1. The fourth-order valence-electron chi connectivity index (χ4n) is 4.10. The zero-order valence-electron chi connectivity index (χ0n) is 20.3. The van der Waals surface area contributed by atoms with E-state index in [1.54, 1.807) is 0 Å². The average Bonchev–Trinajstić information content (AvgIpc) is 2.68. The molecule has 0 aromatic heterocycles. The summed E-state index contributed by atoms with van der Waals surface area (Å²) >= 11 is 0. The molecule has 3 nitrogen and oxygen atoms in total. The van der Waals surface area contributed by atoms with Crippen LogP contribution in [0, 0.1) is 0 Å². The molecule has 1 aromatic rings. The van der Waals surface area contributed by atoms with Crippen molar-refractivity contribution in [3.63, 3.8) is 0 Å². The first kappa shape index (κ1) is 26.3. The summed E-state index contributed by atoms with van der Waals surface area (Å²) in [6.07, 6.45) is 11.0. The van der Waals surface area contributed by atoms with E-state index in [2.05, 4.69) is 60.3 Å². The molecule has 0 saturated heterocycles. The molecule has 1 rings (SSSR count). The number of carbonyl (C=O) groups is 1. The molecule has 0 spiro atoms. The first-order chi connectivity index (χ1) is 14.1. The zero-order chi connectivity index (χ0) is 22.8. The molecule has 0 unspecified atom stereocenters. The fourth-order valence-corrected chi connectivity index (χ4v) is 4.10. The minimum absolute atomic E-state index is 0.110. The second-order valence-corrected chi connectivity index (χ2v) is 9.84. The Morgan fingerprint density at radius 3 is 1.83 bits per heavy atom. The number of esters is 1. The van der Waals surface area contributed by atoms with Crippen LogP contribution in [0.3, 0.4) is 0 Å². The quantitative estimate of drug-likeness (QED) is 0.195. The van der Waals surface area contributed by atoms with Gasteiger partial charge in [0, 0.05) is 23.6 Å². The molecule has 0 bridgehead atoms. The van der Waals surface area contributed by atoms with E-state index >= 15 is 0 Å². The molecule has 0 heterocycles. The standard InChI is InChI=1S/C27H44O3/c1-8-11-13-16-26(4,5)22-19-21(15-18-30-24(28)10-3)20-23(25(22)29)27(6,7)17-14-12-9-2/h10,19-20,29H,3,8-9,11-18H2,1-2,4-7H3. The monoisotopic (exact) mass is 416 g/mol. The summed E-state index contributed by atoms with van der Waals surface area (Å²) in [5.41, 5.74) is 2.93. The van der Waals surface area contributed by atoms with E-state index in [0.717, 1.165) is 42.4 Å². The largest absolute Gasteiger partial charge is 0.507 e. The molecule has 1 N–H and O–H groups in total. The van der Waals surface area contributed by atoms with Gasteiger partial charge in [0.1, 0.15) is 5.75 Å². The van der Waals surface area contributed by atoms with Gasteiger partial charge >= 0.3 is 5.97 Å². The van der Waals surface area contributed by atoms with Crippen molar-refractivity contribution < 1.29 is 14.6 Å². The van der Waals surface area contributed by atoms with Crippen molar-refractivity contribution in [2.24, 2.45) is 0 Å². The number of unbranched alkanes of at least 4 members (excludes halogenated alkanes) is 4. The van der Waals surface area contributed by atoms with E-state index in [0.29, 0.717) is 18.8 Å². The molecule has 30 heavy (non-hydrogen) atoms. The number of carbonyl (C=O) groups excluding carboxylic acids is 1. The van der Waals surface area contributed by atoms with Crippen LogP contribution in [-0.2, 0) is 26.8 Å². The maximum atomic E-state index is 11.4. The van der Waals surface area contributed by atoms with Gasteiger partial charge in [0.05, 0.1) is 6.61 Å². The molecule has 0 atom stereocenters. The van der Waals surface area contributed by atoms with Gasteiger partial charge in [-0.2, -0.15) is 0 Å². The lowest BCUT2D eigenvalue weighted by atomic mass is 9.73. The van der Waals surface area contributed by atoms with Crippen LogP contribution in [0.2, 0.25) is 0 Å². The van der Waals surface area contributed by atoms with E-state index in [1.165, 1.54) is 31.8 Å². The van der Waals surface area contributed by atoms with Crippen molar-refractivity contribution in [2.75, 3.05) is 6.61 Å². The van der Waals surface area contributed by atoms with Gasteiger partial charge in [-0.05, 0) is 29.2 Å². The number of phenolic OH excluding ortho intramolecular Hbond substituents is 1. The van der Waals surface area contributed by atoms with Crippen LogP contribution in [0.5, 0.6) is 5.75 Å². The molecular weight excluding hydrogens is 372 g/mol. The Labute approximate surface area is 184 Å². The van der Waals surface area contributed by atoms with Crippen LogP contribution in [0.1, 0.15) is 110 Å². The third kappa shape index (κ3) is 7.81. The van der Waals surface area contributed by atoms with Gasteiger partial charge in [-0.3, -0.25) is 0 Å². The van der Waals surface area contributed by atoms with Gasteiger partial charge < -0.3 is 9.84 Å². The normalized spacial score (nSPS) is 12.1. The molecule has 1 aromatic carbocycles. The molecule has 0 saturated carbocycles. The number of phenols is 1. The highest BCUT2D eigenvalue weighted by molar-refractivity contribution is 5.81. The summed E-state index contributed by atoms with van der Waals surface area (Å²) in [4.78, 5) is 11.4. The summed E-state index contributed by atoms with van der Waals surface area (Å²) in [5, 5.41) is 11.4. The van der Waals surface area contributed by atoms with E-state index in [9.17, 15) is 9.90 Å². The van der Waals surface area contributed by atoms with Gasteiger partial charge in [0.2, 0.25) is 0 Å². The number of benzene rings is 1. The van der Waals surface area contributed by atoms with Crippen molar-refractivity contribution in [1.82, 2.24) is 0 Å². The molecule has 0 aliphatic heterocycles. The molecule has 0 radical (unpaired) electrons. The Bertz CT molecular complexity index is 642. The van der Waals surface area contributed by atoms with Crippen molar-refractivity contribution in [3.05, 3.63) is 41.5 Å². The summed E-state index contributed by atoms with van der Waals surface area (Å²) in [5.74, 6) is 0.0545. The number of aromatic hydroxyl groups is 1. The lowest BCUT2D eigenvalue weighted by Crippen LogP contribution is -2.23. The Balaban J connectivity index is 3.28. The van der Waals surface area contributed by atoms with Crippen LogP contribution in [-0.4, -0.2) is 17.7 Å². The predicted octanol–water partition coefficient (Wildman–Crippen LogP) is 7.38. The second kappa shape index (κ2) is 12.2. The first-order valence-corrected chi connectivity index (χ1v) is 11.7. The highest BCUT2D eigenvalue weighted by atomic mass is 16.5. The number of rotatable bonds is 14. The van der Waals surface area contributed by atoms with Crippen LogP contribution in [0.25, 0.3) is 0 Å². The van der Waals surface area contributed by atoms with E-state index < -0.39 is 5.97 Å². The number of hydrogen-bond donors (Lipinski definition) is 1. The Morgan fingerprint density at radius 1 is 0.967 bits per heavy atom. The van der Waals surface area contributed by atoms with Gasteiger partial charge in [0.25, 0.3) is 0 Å². The zero-order valence-corrected chi connectivity index (χ0v) is 20.3. The smallest absolute Gasteiger partial charge is 0.330 e. The summed E-state index contributed by atoms with van der Waals surface area (Å²) < 4.78 is 5.22. The highest BCUT2D eigenvalue weighted by Crippen LogP contribution is 2.43. The third-order valence-electron chi connectivity index (χ3n) is 6.24. The van der Waals surface area contributed by atoms with Gasteiger partial charge in [0.15, 0.2) is 0 Å². The van der Waals surface area contributed by atoms with Gasteiger partial charge in [-0.1, -0.05) is 98.8 Å². The van der Waals surface area contributed by atoms with Crippen molar-refractivity contribution in [1.29, 1.82) is 0 Å². The van der Waals surface area contributed by atoms with Crippen LogP contribution in [0.4, 0.5) is 0 Å². The van der Waals surface area contributed by atoms with Crippen molar-refractivity contribution >= 4 is 5.97 Å². The summed E-state index contributed by atoms with van der Waals surface area (Å²) in [6.45, 7) is 17.1. The topological polar surface area (TPSA) is 46.5 Å². The van der Waals surface area contributed by atoms with E-state index in [4.69, 9.17) is 4.74 Å². The third-order valence-corrected chi connectivity index (χ3v) is 6.24. The summed E-state index contributed by atoms with van der Waals surface area (Å²) in [7, 11) is 0. The Hall–Kier alpha value is -1.77. The van der Waals surface area contributed by atoms with Crippen molar-refractivity contribution in [3.8, 4) is 5.75 Å². The Kier molecular flexibility index (Phi) is 10.7. The van der Waals surface area contributed by atoms with Crippen molar-refractivity contribution in [2.45, 2.75) is 110 Å². The maximum Gasteiger partial charge on any atom is 0.330 e. The summed E-state index contributed by atoms with van der Waals surface area (Å²) in [6, 6.07) is 4.24. The number of ether oxygens (including phenoxy) is 1.